The van der Waals surface area contributed by atoms with Crippen LogP contribution < -0.4 is 11.1 Å². The van der Waals surface area contributed by atoms with Crippen LogP contribution in [0.2, 0.25) is 0 Å². The third-order valence-electron chi connectivity index (χ3n) is 3.83. The first-order valence-electron chi connectivity index (χ1n) is 6.80. The number of aryl methyl sites for hydroxylation is 1. The molecule has 0 heterocycles. The van der Waals surface area contributed by atoms with Gasteiger partial charge in [-0.1, -0.05) is 24.3 Å². The van der Waals surface area contributed by atoms with Gasteiger partial charge in [0, 0.05) is 6.04 Å². The first kappa shape index (κ1) is 12.6. The van der Waals surface area contributed by atoms with E-state index < -0.39 is 0 Å². The first-order chi connectivity index (χ1) is 8.31. The minimum absolute atomic E-state index is 0.734. The summed E-state index contributed by atoms with van der Waals surface area (Å²) in [6.45, 7) is 4.16. The summed E-state index contributed by atoms with van der Waals surface area (Å²) in [7, 11) is 0. The van der Waals surface area contributed by atoms with Gasteiger partial charge in [-0.2, -0.15) is 0 Å². The van der Waals surface area contributed by atoms with Gasteiger partial charge in [-0.25, -0.2) is 0 Å². The molecule has 17 heavy (non-hydrogen) atoms. The van der Waals surface area contributed by atoms with E-state index in [-0.39, 0.29) is 0 Å². The van der Waals surface area contributed by atoms with E-state index in [4.69, 9.17) is 5.73 Å². The monoisotopic (exact) mass is 232 g/mol. The maximum atomic E-state index is 5.48. The van der Waals surface area contributed by atoms with Crippen LogP contribution in [0.5, 0.6) is 0 Å². The van der Waals surface area contributed by atoms with Crippen molar-refractivity contribution in [3.8, 4) is 0 Å². The largest absolute Gasteiger partial charge is 0.330 e. The summed E-state index contributed by atoms with van der Waals surface area (Å²) in [6.07, 6.45) is 4.95. The predicted octanol–water partition coefficient (Wildman–Crippen LogP) is 2.57. The van der Waals surface area contributed by atoms with Gasteiger partial charge < -0.3 is 11.1 Å². The molecule has 0 unspecified atom stereocenters. The predicted molar refractivity (Wildman–Crippen MR) is 73.2 cm³/mol. The Bertz CT molecular complexity index is 343. The van der Waals surface area contributed by atoms with Gasteiger partial charge >= 0.3 is 0 Å². The number of unbranched alkanes of at least 4 members (excludes halogenated alkanes) is 1. The quantitative estimate of drug-likeness (QED) is 0.740. The Balaban J connectivity index is 1.70. The number of benzene rings is 1. The van der Waals surface area contributed by atoms with Crippen LogP contribution in [0.15, 0.2) is 24.3 Å². The average molecular weight is 232 g/mol. The van der Waals surface area contributed by atoms with Gasteiger partial charge in [0.1, 0.15) is 0 Å². The molecule has 2 heteroatoms. The van der Waals surface area contributed by atoms with Crippen molar-refractivity contribution in [3.05, 3.63) is 35.4 Å². The molecule has 0 atom stereocenters. The lowest BCUT2D eigenvalue weighted by molar-refractivity contribution is 0.289. The lowest BCUT2D eigenvalue weighted by Crippen LogP contribution is -2.40. The summed E-state index contributed by atoms with van der Waals surface area (Å²) < 4.78 is 0. The molecular formula is C15H24N2. The van der Waals surface area contributed by atoms with E-state index in [1.54, 1.807) is 5.56 Å². The van der Waals surface area contributed by atoms with Crippen LogP contribution in [0.25, 0.3) is 0 Å². The zero-order valence-electron chi connectivity index (χ0n) is 10.8. The Labute approximate surface area is 105 Å². The Morgan fingerprint density at radius 1 is 1.24 bits per heavy atom. The van der Waals surface area contributed by atoms with E-state index in [1.807, 2.05) is 0 Å². The molecule has 0 radical (unpaired) electrons. The van der Waals surface area contributed by atoms with Gasteiger partial charge in [-0.05, 0) is 62.7 Å². The van der Waals surface area contributed by atoms with Crippen molar-refractivity contribution in [2.75, 3.05) is 13.1 Å². The third-order valence-corrected chi connectivity index (χ3v) is 3.83. The Morgan fingerprint density at radius 3 is 2.71 bits per heavy atom. The van der Waals surface area contributed by atoms with Crippen molar-refractivity contribution in [2.24, 2.45) is 5.73 Å². The van der Waals surface area contributed by atoms with Crippen molar-refractivity contribution >= 4 is 0 Å². The number of nitrogens with one attached hydrogen (secondary N) is 1. The molecule has 0 bridgehead atoms. The van der Waals surface area contributed by atoms with Crippen LogP contribution in [0.1, 0.15) is 42.7 Å². The molecule has 2 nitrogen and oxygen atoms in total. The molecule has 0 aromatic heterocycles. The molecule has 1 aromatic carbocycles. The summed E-state index contributed by atoms with van der Waals surface area (Å²) in [5.74, 6) is 0.781. The molecule has 0 spiro atoms. The van der Waals surface area contributed by atoms with E-state index in [1.165, 1.54) is 24.8 Å². The SMILES string of the molecule is Cc1ccccc1C1CC(NCCCCN)C1. The minimum Gasteiger partial charge on any atom is -0.330 e. The zero-order valence-corrected chi connectivity index (χ0v) is 10.8. The highest BCUT2D eigenvalue weighted by molar-refractivity contribution is 5.31. The zero-order chi connectivity index (χ0) is 12.1. The summed E-state index contributed by atoms with van der Waals surface area (Å²) in [4.78, 5) is 0. The van der Waals surface area contributed by atoms with Crippen LogP contribution >= 0.6 is 0 Å². The van der Waals surface area contributed by atoms with Gasteiger partial charge in [0.2, 0.25) is 0 Å². The van der Waals surface area contributed by atoms with E-state index in [0.29, 0.717) is 0 Å². The molecular weight excluding hydrogens is 208 g/mol. The van der Waals surface area contributed by atoms with E-state index in [2.05, 4.69) is 36.5 Å². The normalized spacial score (nSPS) is 23.4. The van der Waals surface area contributed by atoms with Crippen LogP contribution in [-0.2, 0) is 0 Å². The fourth-order valence-corrected chi connectivity index (χ4v) is 2.66. The minimum atomic E-state index is 0.734. The molecule has 0 saturated heterocycles. The van der Waals surface area contributed by atoms with E-state index >= 15 is 0 Å². The van der Waals surface area contributed by atoms with Crippen LogP contribution in [-0.4, -0.2) is 19.1 Å². The summed E-state index contributed by atoms with van der Waals surface area (Å²) in [6, 6.07) is 9.52. The second-order valence-electron chi connectivity index (χ2n) is 5.17. The third kappa shape index (κ3) is 3.30. The molecule has 2 rings (SSSR count). The van der Waals surface area contributed by atoms with Gasteiger partial charge in [0.15, 0.2) is 0 Å². The molecule has 3 N–H and O–H groups in total. The first-order valence-corrected chi connectivity index (χ1v) is 6.80. The Kier molecular flexibility index (Phi) is 4.57. The number of hydrogen-bond donors (Lipinski definition) is 2. The fourth-order valence-electron chi connectivity index (χ4n) is 2.66. The lowest BCUT2D eigenvalue weighted by atomic mass is 9.74. The maximum Gasteiger partial charge on any atom is 0.00787 e. The number of nitrogens with two attached hydrogens (primary N) is 1. The topological polar surface area (TPSA) is 38.0 Å². The van der Waals surface area contributed by atoms with Crippen molar-refractivity contribution in [2.45, 2.75) is 44.6 Å². The summed E-state index contributed by atoms with van der Waals surface area (Å²) in [5.41, 5.74) is 8.47. The average Bonchev–Trinajstić information content (AvgIpc) is 2.28. The van der Waals surface area contributed by atoms with Crippen molar-refractivity contribution < 1.29 is 0 Å². The van der Waals surface area contributed by atoms with Gasteiger partial charge in [-0.15, -0.1) is 0 Å². The molecule has 1 aromatic rings. The molecule has 94 valence electrons. The van der Waals surface area contributed by atoms with Gasteiger partial charge in [0.05, 0.1) is 0 Å². The smallest absolute Gasteiger partial charge is 0.00787 e. The highest BCUT2D eigenvalue weighted by atomic mass is 14.9. The van der Waals surface area contributed by atoms with E-state index in [0.717, 1.165) is 31.5 Å². The second kappa shape index (κ2) is 6.18. The van der Waals surface area contributed by atoms with Crippen molar-refractivity contribution in [1.29, 1.82) is 0 Å². The maximum absolute atomic E-state index is 5.48. The fraction of sp³-hybridized carbons (Fsp3) is 0.600. The van der Waals surface area contributed by atoms with Crippen molar-refractivity contribution in [3.63, 3.8) is 0 Å². The van der Waals surface area contributed by atoms with Crippen LogP contribution in [0, 0.1) is 6.92 Å². The molecule has 1 aliphatic carbocycles. The second-order valence-corrected chi connectivity index (χ2v) is 5.17. The van der Waals surface area contributed by atoms with Crippen molar-refractivity contribution in [1.82, 2.24) is 5.32 Å². The summed E-state index contributed by atoms with van der Waals surface area (Å²) >= 11 is 0. The summed E-state index contributed by atoms with van der Waals surface area (Å²) in [5, 5.41) is 3.62. The molecule has 1 saturated carbocycles. The number of hydrogen-bond acceptors (Lipinski definition) is 2. The Morgan fingerprint density at radius 2 is 2.00 bits per heavy atom. The van der Waals surface area contributed by atoms with Gasteiger partial charge in [-0.3, -0.25) is 0 Å². The highest BCUT2D eigenvalue weighted by Gasteiger charge is 2.30. The van der Waals surface area contributed by atoms with Crippen LogP contribution in [0.3, 0.4) is 0 Å². The number of rotatable bonds is 6. The Hall–Kier alpha value is -0.860. The van der Waals surface area contributed by atoms with E-state index in [9.17, 15) is 0 Å². The lowest BCUT2D eigenvalue weighted by Gasteiger charge is -2.37. The molecule has 0 amide bonds. The standard InChI is InChI=1S/C15H24N2/c1-12-6-2-3-7-15(12)13-10-14(11-13)17-9-5-4-8-16/h2-3,6-7,13-14,17H,4-5,8-11,16H2,1H3. The highest BCUT2D eigenvalue weighted by Crippen LogP contribution is 2.38. The molecule has 0 aliphatic heterocycles. The molecule has 1 fully saturated rings. The molecule has 1 aliphatic rings. The van der Waals surface area contributed by atoms with Crippen LogP contribution in [0.4, 0.5) is 0 Å². The van der Waals surface area contributed by atoms with Gasteiger partial charge in [0.25, 0.3) is 0 Å².